The fraction of sp³-hybridized carbons (Fsp3) is 0.409. The molecule has 0 saturated heterocycles. The first-order valence-corrected chi connectivity index (χ1v) is 9.80. The maximum atomic E-state index is 13.3. The maximum Gasteiger partial charge on any atom is 0.242 e. The van der Waals surface area contributed by atoms with Gasteiger partial charge in [-0.2, -0.15) is 0 Å². The van der Waals surface area contributed by atoms with Crippen molar-refractivity contribution in [1.29, 1.82) is 0 Å². The van der Waals surface area contributed by atoms with E-state index in [1.807, 2.05) is 6.08 Å². The SMILES string of the molecule is C[C@H](NC(=O)Cc1cc(F)cc(F)c1)C(=O)NC1CCCCC2=CCC(=O)C=C21. The summed E-state index contributed by atoms with van der Waals surface area (Å²) in [5.41, 5.74) is 2.16. The lowest BCUT2D eigenvalue weighted by Gasteiger charge is -2.25. The molecule has 0 heterocycles. The molecule has 0 radical (unpaired) electrons. The highest BCUT2D eigenvalue weighted by molar-refractivity contribution is 5.94. The molecule has 5 nitrogen and oxygen atoms in total. The van der Waals surface area contributed by atoms with E-state index in [1.165, 1.54) is 0 Å². The zero-order valence-corrected chi connectivity index (χ0v) is 16.3. The van der Waals surface area contributed by atoms with E-state index in [9.17, 15) is 23.2 Å². The van der Waals surface area contributed by atoms with E-state index in [-0.39, 0.29) is 29.7 Å². The molecule has 0 aromatic heterocycles. The van der Waals surface area contributed by atoms with Crippen molar-refractivity contribution in [3.63, 3.8) is 0 Å². The molecule has 2 atom stereocenters. The van der Waals surface area contributed by atoms with Crippen LogP contribution in [-0.4, -0.2) is 29.7 Å². The van der Waals surface area contributed by atoms with Crippen molar-refractivity contribution in [2.75, 3.05) is 0 Å². The van der Waals surface area contributed by atoms with Gasteiger partial charge < -0.3 is 10.6 Å². The molecule has 7 heteroatoms. The number of halogens is 2. The lowest BCUT2D eigenvalue weighted by Crippen LogP contribution is -2.49. The number of ketones is 1. The van der Waals surface area contributed by atoms with Gasteiger partial charge in [-0.1, -0.05) is 12.5 Å². The number of nitrogens with one attached hydrogen (secondary N) is 2. The molecule has 2 amide bonds. The van der Waals surface area contributed by atoms with Crippen LogP contribution in [0, 0.1) is 11.6 Å². The van der Waals surface area contributed by atoms with Crippen LogP contribution in [0.5, 0.6) is 0 Å². The standard InChI is InChI=1S/C22H24F2N2O3/c1-13(25-21(28)10-14-8-16(23)11-17(24)9-14)22(29)26-20-5-3-2-4-15-6-7-18(27)12-19(15)20/h6,8-9,11-13,20H,2-5,7,10H2,1H3,(H,25,28)(H,26,29)/t13-,20?/m0/s1. The van der Waals surface area contributed by atoms with Crippen molar-refractivity contribution in [2.24, 2.45) is 0 Å². The molecule has 154 valence electrons. The molecule has 1 fully saturated rings. The van der Waals surface area contributed by atoms with Crippen LogP contribution in [0.3, 0.4) is 0 Å². The van der Waals surface area contributed by atoms with Gasteiger partial charge in [0.2, 0.25) is 11.8 Å². The largest absolute Gasteiger partial charge is 0.348 e. The van der Waals surface area contributed by atoms with Gasteiger partial charge in [-0.15, -0.1) is 0 Å². The second-order valence-electron chi connectivity index (χ2n) is 7.55. The van der Waals surface area contributed by atoms with Gasteiger partial charge in [-0.3, -0.25) is 14.4 Å². The molecule has 2 aliphatic rings. The van der Waals surface area contributed by atoms with Gasteiger partial charge in [0.1, 0.15) is 17.7 Å². The van der Waals surface area contributed by atoms with E-state index >= 15 is 0 Å². The van der Waals surface area contributed by atoms with Gasteiger partial charge in [0, 0.05) is 12.5 Å². The Kier molecular flexibility index (Phi) is 6.56. The van der Waals surface area contributed by atoms with E-state index < -0.39 is 23.6 Å². The van der Waals surface area contributed by atoms with Gasteiger partial charge >= 0.3 is 0 Å². The minimum Gasteiger partial charge on any atom is -0.348 e. The van der Waals surface area contributed by atoms with Crippen LogP contribution >= 0.6 is 0 Å². The predicted octanol–water partition coefficient (Wildman–Crippen LogP) is 2.90. The summed E-state index contributed by atoms with van der Waals surface area (Å²) in [4.78, 5) is 36.6. The Morgan fingerprint density at radius 2 is 1.90 bits per heavy atom. The Labute approximate surface area is 168 Å². The number of carbonyl (C=O) groups is 3. The average molecular weight is 402 g/mol. The normalized spacial score (nSPS) is 20.0. The Balaban J connectivity index is 1.60. The number of fused-ring (bicyclic) bond motifs is 1. The number of amides is 2. The molecule has 1 unspecified atom stereocenters. The summed E-state index contributed by atoms with van der Waals surface area (Å²) < 4.78 is 26.5. The van der Waals surface area contributed by atoms with Crippen LogP contribution in [0.1, 0.15) is 44.6 Å². The van der Waals surface area contributed by atoms with Crippen LogP contribution in [0.15, 0.2) is 41.5 Å². The van der Waals surface area contributed by atoms with Crippen LogP contribution in [0.4, 0.5) is 8.78 Å². The van der Waals surface area contributed by atoms with Crippen LogP contribution in [-0.2, 0) is 20.8 Å². The van der Waals surface area contributed by atoms with Gasteiger partial charge in [0.25, 0.3) is 0 Å². The summed E-state index contributed by atoms with van der Waals surface area (Å²) in [6.07, 6.45) is 7.26. The van der Waals surface area contributed by atoms with Crippen LogP contribution in [0.2, 0.25) is 0 Å². The Hall–Kier alpha value is -2.83. The highest BCUT2D eigenvalue weighted by Gasteiger charge is 2.27. The Morgan fingerprint density at radius 1 is 1.17 bits per heavy atom. The van der Waals surface area contributed by atoms with Crippen LogP contribution < -0.4 is 10.6 Å². The topological polar surface area (TPSA) is 75.3 Å². The second-order valence-corrected chi connectivity index (χ2v) is 7.55. The molecular formula is C22H24F2N2O3. The molecule has 2 N–H and O–H groups in total. The van der Waals surface area contributed by atoms with Crippen molar-refractivity contribution < 1.29 is 23.2 Å². The summed E-state index contributed by atoms with van der Waals surface area (Å²) in [5.74, 6) is -2.37. The lowest BCUT2D eigenvalue weighted by atomic mass is 9.90. The van der Waals surface area contributed by atoms with E-state index in [0.717, 1.165) is 55.0 Å². The molecule has 29 heavy (non-hydrogen) atoms. The van der Waals surface area contributed by atoms with E-state index in [2.05, 4.69) is 10.6 Å². The molecule has 1 saturated carbocycles. The Morgan fingerprint density at radius 3 is 2.62 bits per heavy atom. The first kappa shape index (κ1) is 20.9. The first-order valence-electron chi connectivity index (χ1n) is 9.80. The number of rotatable bonds is 5. The highest BCUT2D eigenvalue weighted by Crippen LogP contribution is 2.31. The number of hydrogen-bond acceptors (Lipinski definition) is 3. The lowest BCUT2D eigenvalue weighted by molar-refractivity contribution is -0.128. The predicted molar refractivity (Wildman–Crippen MR) is 104 cm³/mol. The highest BCUT2D eigenvalue weighted by atomic mass is 19.1. The fourth-order valence-electron chi connectivity index (χ4n) is 3.76. The summed E-state index contributed by atoms with van der Waals surface area (Å²) in [7, 11) is 0. The van der Waals surface area contributed by atoms with Gasteiger partial charge in [0.05, 0.1) is 12.5 Å². The summed E-state index contributed by atoms with van der Waals surface area (Å²) in [5, 5.41) is 5.49. The van der Waals surface area contributed by atoms with Crippen LogP contribution in [0.25, 0.3) is 0 Å². The number of benzene rings is 1. The fourth-order valence-corrected chi connectivity index (χ4v) is 3.76. The van der Waals surface area contributed by atoms with Gasteiger partial charge in [-0.25, -0.2) is 8.78 Å². The second kappa shape index (κ2) is 9.11. The molecule has 0 aliphatic heterocycles. The molecule has 2 aliphatic carbocycles. The quantitative estimate of drug-likeness (QED) is 0.795. The third-order valence-corrected chi connectivity index (χ3v) is 5.18. The molecule has 0 spiro atoms. The zero-order valence-electron chi connectivity index (χ0n) is 16.3. The van der Waals surface area contributed by atoms with E-state index in [0.29, 0.717) is 6.42 Å². The van der Waals surface area contributed by atoms with E-state index in [1.54, 1.807) is 13.0 Å². The van der Waals surface area contributed by atoms with Crippen molar-refractivity contribution in [3.05, 3.63) is 58.7 Å². The van der Waals surface area contributed by atoms with Crippen molar-refractivity contribution >= 4 is 17.6 Å². The number of carbonyl (C=O) groups excluding carboxylic acids is 3. The molecular weight excluding hydrogens is 378 g/mol. The molecule has 1 aromatic rings. The minimum absolute atomic E-state index is 0.0218. The third-order valence-electron chi connectivity index (χ3n) is 5.18. The van der Waals surface area contributed by atoms with Crippen molar-refractivity contribution in [1.82, 2.24) is 10.6 Å². The monoisotopic (exact) mass is 402 g/mol. The van der Waals surface area contributed by atoms with Crippen molar-refractivity contribution in [2.45, 2.75) is 57.5 Å². The maximum absolute atomic E-state index is 13.3. The summed E-state index contributed by atoms with van der Waals surface area (Å²) in [6.45, 7) is 1.55. The zero-order chi connectivity index (χ0) is 21.0. The van der Waals surface area contributed by atoms with Gasteiger partial charge in [-0.05, 0) is 61.1 Å². The molecule has 1 aromatic carbocycles. The average Bonchev–Trinajstić information content (AvgIpc) is 2.82. The number of hydrogen-bond donors (Lipinski definition) is 2. The van der Waals surface area contributed by atoms with Crippen molar-refractivity contribution in [3.8, 4) is 0 Å². The molecule has 3 rings (SSSR count). The van der Waals surface area contributed by atoms with Gasteiger partial charge in [0.15, 0.2) is 5.78 Å². The molecule has 0 bridgehead atoms. The van der Waals surface area contributed by atoms with E-state index in [4.69, 9.17) is 0 Å². The smallest absolute Gasteiger partial charge is 0.242 e. The number of allylic oxidation sites excluding steroid dienone is 2. The Bertz CT molecular complexity index is 872. The first-order chi connectivity index (χ1) is 13.8. The summed E-state index contributed by atoms with van der Waals surface area (Å²) in [6, 6.07) is 1.81. The minimum atomic E-state index is -0.823. The summed E-state index contributed by atoms with van der Waals surface area (Å²) >= 11 is 0. The third kappa shape index (κ3) is 5.59.